The third-order valence-electron chi connectivity index (χ3n) is 5.17. The fourth-order valence-corrected chi connectivity index (χ4v) is 3.70. The molecule has 0 saturated carbocycles. The van der Waals surface area contributed by atoms with E-state index in [2.05, 4.69) is 0 Å². The minimum atomic E-state index is -1.02. The van der Waals surface area contributed by atoms with E-state index in [4.69, 9.17) is 9.72 Å². The van der Waals surface area contributed by atoms with E-state index in [0.717, 1.165) is 27.6 Å². The van der Waals surface area contributed by atoms with Crippen LogP contribution >= 0.6 is 0 Å². The van der Waals surface area contributed by atoms with E-state index >= 15 is 0 Å². The first-order chi connectivity index (χ1) is 15.8. The number of hydrogen-bond acceptors (Lipinski definition) is 6. The predicted molar refractivity (Wildman–Crippen MR) is 128 cm³/mol. The summed E-state index contributed by atoms with van der Waals surface area (Å²) in [7, 11) is 3.75. The topological polar surface area (TPSA) is 82.9 Å². The van der Waals surface area contributed by atoms with Crippen molar-refractivity contribution in [2.24, 2.45) is 0 Å². The molecule has 1 unspecified atom stereocenters. The van der Waals surface area contributed by atoms with Gasteiger partial charge in [-0.1, -0.05) is 42.5 Å². The van der Waals surface area contributed by atoms with Crippen molar-refractivity contribution in [1.82, 2.24) is 4.98 Å². The van der Waals surface area contributed by atoms with Gasteiger partial charge < -0.3 is 19.8 Å². The summed E-state index contributed by atoms with van der Waals surface area (Å²) in [5, 5.41) is 21.5. The van der Waals surface area contributed by atoms with Crippen LogP contribution in [0.1, 0.15) is 25.3 Å². The molecule has 1 aromatic heterocycles. The molecule has 0 aliphatic rings. The summed E-state index contributed by atoms with van der Waals surface area (Å²) in [6, 6.07) is 14.0. The fraction of sp³-hybridized carbons (Fsp3) is 0.308. The summed E-state index contributed by atoms with van der Waals surface area (Å²) in [5.41, 5.74) is 3.22. The van der Waals surface area contributed by atoms with Crippen LogP contribution in [0.25, 0.3) is 28.1 Å². The zero-order valence-corrected chi connectivity index (χ0v) is 19.0. The molecule has 2 N–H and O–H groups in total. The number of esters is 1. The van der Waals surface area contributed by atoms with Crippen LogP contribution in [0.3, 0.4) is 0 Å². The number of carbonyl (C=O) groups excluding carboxylic acids is 1. The van der Waals surface area contributed by atoms with Crippen molar-refractivity contribution >= 4 is 28.8 Å². The molecule has 0 spiro atoms. The maximum absolute atomic E-state index is 13.6. The number of anilines is 1. The number of hydrogen-bond donors (Lipinski definition) is 2. The van der Waals surface area contributed by atoms with Crippen molar-refractivity contribution in [2.75, 3.05) is 25.6 Å². The number of para-hydroxylation sites is 1. The van der Waals surface area contributed by atoms with Gasteiger partial charge in [0.05, 0.1) is 30.8 Å². The van der Waals surface area contributed by atoms with Crippen LogP contribution in [0, 0.1) is 5.82 Å². The van der Waals surface area contributed by atoms with E-state index in [9.17, 15) is 19.4 Å². The summed E-state index contributed by atoms with van der Waals surface area (Å²) >= 11 is 0. The number of benzene rings is 2. The molecule has 0 saturated heterocycles. The molecular weight excluding hydrogens is 423 g/mol. The molecule has 2 atom stereocenters. The summed E-state index contributed by atoms with van der Waals surface area (Å²) in [6.45, 7) is 1.93. The first-order valence-corrected chi connectivity index (χ1v) is 10.9. The maximum atomic E-state index is 13.6. The SMILES string of the molecule is CCOC(=O)CC(O)C[C@H](O)C=Cc1c(N(C)C)nc2ccccc2c1-c1ccc(F)cc1. The average Bonchev–Trinajstić information content (AvgIpc) is 2.77. The summed E-state index contributed by atoms with van der Waals surface area (Å²) < 4.78 is 18.5. The third kappa shape index (κ3) is 6.15. The second kappa shape index (κ2) is 11.0. The zero-order valence-electron chi connectivity index (χ0n) is 19.0. The minimum absolute atomic E-state index is 0.0144. The number of aliphatic hydroxyl groups is 2. The molecule has 7 heteroatoms. The van der Waals surface area contributed by atoms with Gasteiger partial charge in [-0.2, -0.15) is 0 Å². The predicted octanol–water partition coefficient (Wildman–Crippen LogP) is 4.19. The highest BCUT2D eigenvalue weighted by Crippen LogP contribution is 2.37. The van der Waals surface area contributed by atoms with Gasteiger partial charge in [-0.3, -0.25) is 4.79 Å². The van der Waals surface area contributed by atoms with Crippen molar-refractivity contribution in [3.63, 3.8) is 0 Å². The number of ether oxygens (including phenoxy) is 1. The van der Waals surface area contributed by atoms with Gasteiger partial charge in [0, 0.05) is 37.0 Å². The lowest BCUT2D eigenvalue weighted by Crippen LogP contribution is -2.20. The highest BCUT2D eigenvalue weighted by Gasteiger charge is 2.18. The van der Waals surface area contributed by atoms with E-state index in [1.165, 1.54) is 12.1 Å². The second-order valence-electron chi connectivity index (χ2n) is 7.97. The van der Waals surface area contributed by atoms with E-state index < -0.39 is 18.2 Å². The zero-order chi connectivity index (χ0) is 24.0. The Morgan fingerprint density at radius 2 is 1.85 bits per heavy atom. The van der Waals surface area contributed by atoms with E-state index in [-0.39, 0.29) is 25.3 Å². The van der Waals surface area contributed by atoms with Crippen molar-refractivity contribution < 1.29 is 24.1 Å². The molecule has 3 aromatic rings. The Labute approximate surface area is 193 Å². The molecule has 6 nitrogen and oxygen atoms in total. The van der Waals surface area contributed by atoms with Gasteiger partial charge in [0.1, 0.15) is 11.6 Å². The van der Waals surface area contributed by atoms with Crippen LogP contribution in [-0.2, 0) is 9.53 Å². The van der Waals surface area contributed by atoms with Crippen LogP contribution in [-0.4, -0.2) is 54.1 Å². The van der Waals surface area contributed by atoms with Gasteiger partial charge in [0.2, 0.25) is 0 Å². The highest BCUT2D eigenvalue weighted by atomic mass is 19.1. The molecule has 33 heavy (non-hydrogen) atoms. The molecule has 0 radical (unpaired) electrons. The number of rotatable bonds is 9. The highest BCUT2D eigenvalue weighted by molar-refractivity contribution is 6.01. The van der Waals surface area contributed by atoms with E-state index in [1.54, 1.807) is 31.2 Å². The Bertz CT molecular complexity index is 1130. The fourth-order valence-electron chi connectivity index (χ4n) is 3.70. The third-order valence-corrected chi connectivity index (χ3v) is 5.17. The molecule has 0 fully saturated rings. The van der Waals surface area contributed by atoms with Crippen LogP contribution in [0.4, 0.5) is 10.2 Å². The molecule has 174 valence electrons. The first-order valence-electron chi connectivity index (χ1n) is 10.9. The Balaban J connectivity index is 2.02. The molecule has 2 aromatic carbocycles. The molecule has 0 amide bonds. The lowest BCUT2D eigenvalue weighted by Gasteiger charge is -2.20. The Morgan fingerprint density at radius 1 is 1.15 bits per heavy atom. The second-order valence-corrected chi connectivity index (χ2v) is 7.97. The molecular formula is C26H29FN2O4. The number of carbonyl (C=O) groups is 1. The Kier molecular flexibility index (Phi) is 8.14. The summed E-state index contributed by atoms with van der Waals surface area (Å²) in [6.07, 6.45) is 1.12. The van der Waals surface area contributed by atoms with Crippen LogP contribution in [0.2, 0.25) is 0 Å². The van der Waals surface area contributed by atoms with E-state index in [1.807, 2.05) is 43.3 Å². The van der Waals surface area contributed by atoms with Gasteiger partial charge in [-0.15, -0.1) is 0 Å². The number of pyridine rings is 1. The molecule has 3 rings (SSSR count). The smallest absolute Gasteiger partial charge is 0.308 e. The first kappa shape index (κ1) is 24.4. The lowest BCUT2D eigenvalue weighted by atomic mass is 9.94. The van der Waals surface area contributed by atoms with Crippen molar-refractivity contribution in [1.29, 1.82) is 0 Å². The van der Waals surface area contributed by atoms with E-state index in [0.29, 0.717) is 5.82 Å². The molecule has 0 aliphatic heterocycles. The molecule has 0 bridgehead atoms. The van der Waals surface area contributed by atoms with Crippen molar-refractivity contribution in [3.05, 3.63) is 66.0 Å². The van der Waals surface area contributed by atoms with Gasteiger partial charge in [-0.05, 0) is 30.7 Å². The van der Waals surface area contributed by atoms with Gasteiger partial charge in [0.15, 0.2) is 0 Å². The number of nitrogens with zero attached hydrogens (tertiary/aromatic N) is 2. The number of aliphatic hydroxyl groups excluding tert-OH is 2. The van der Waals surface area contributed by atoms with Crippen molar-refractivity contribution in [3.8, 4) is 11.1 Å². The normalized spacial score (nSPS) is 13.3. The summed E-state index contributed by atoms with van der Waals surface area (Å²) in [5.74, 6) is -0.148. The molecule has 0 aliphatic carbocycles. The van der Waals surface area contributed by atoms with Crippen LogP contribution in [0.15, 0.2) is 54.6 Å². The molecule has 1 heterocycles. The monoisotopic (exact) mass is 452 g/mol. The van der Waals surface area contributed by atoms with Crippen LogP contribution in [0.5, 0.6) is 0 Å². The lowest BCUT2D eigenvalue weighted by molar-refractivity contribution is -0.145. The minimum Gasteiger partial charge on any atom is -0.466 e. The van der Waals surface area contributed by atoms with Gasteiger partial charge >= 0.3 is 5.97 Å². The maximum Gasteiger partial charge on any atom is 0.308 e. The van der Waals surface area contributed by atoms with Gasteiger partial charge in [-0.25, -0.2) is 9.37 Å². The largest absolute Gasteiger partial charge is 0.466 e. The standard InChI is InChI=1S/C26H29FN2O4/c1-4-33-24(32)16-20(31)15-19(30)13-14-22-25(17-9-11-18(27)12-10-17)21-7-5-6-8-23(21)28-26(22)29(2)3/h5-14,19-20,30-31H,4,15-16H2,1-3H3/t19-,20?/m1/s1. The number of fused-ring (bicyclic) bond motifs is 1. The van der Waals surface area contributed by atoms with Gasteiger partial charge in [0.25, 0.3) is 0 Å². The van der Waals surface area contributed by atoms with Crippen LogP contribution < -0.4 is 4.90 Å². The van der Waals surface area contributed by atoms with Crippen molar-refractivity contribution in [2.45, 2.75) is 32.0 Å². The summed E-state index contributed by atoms with van der Waals surface area (Å²) in [4.78, 5) is 18.2. The number of halogens is 1. The Hall–Kier alpha value is -3.29. The Morgan fingerprint density at radius 3 is 2.52 bits per heavy atom. The average molecular weight is 453 g/mol. The quantitative estimate of drug-likeness (QED) is 0.474. The number of aromatic nitrogens is 1.